The van der Waals surface area contributed by atoms with Gasteiger partial charge >= 0.3 is 11.9 Å². The quantitative estimate of drug-likeness (QED) is 0.658. The minimum atomic E-state index is -1.26. The van der Waals surface area contributed by atoms with Crippen LogP contribution in [0.2, 0.25) is 0 Å². The molecule has 7 heteroatoms. The molecule has 2 heterocycles. The van der Waals surface area contributed by atoms with Gasteiger partial charge in [-0.05, 0) is 54.8 Å². The molecule has 0 aliphatic carbocycles. The Labute approximate surface area is 172 Å². The van der Waals surface area contributed by atoms with Crippen molar-refractivity contribution in [3.05, 3.63) is 83.2 Å². The highest BCUT2D eigenvalue weighted by molar-refractivity contribution is 8.01. The monoisotopic (exact) mass is 415 g/mol. The van der Waals surface area contributed by atoms with Crippen LogP contribution in [0.25, 0.3) is 0 Å². The number of nitrogens with one attached hydrogen (secondary N) is 1. The van der Waals surface area contributed by atoms with Crippen LogP contribution in [0.1, 0.15) is 34.8 Å². The zero-order valence-electron chi connectivity index (χ0n) is 15.7. The van der Waals surface area contributed by atoms with Crippen molar-refractivity contribution in [2.24, 2.45) is 0 Å². The summed E-state index contributed by atoms with van der Waals surface area (Å²) in [6.45, 7) is 2.13. The fourth-order valence-electron chi connectivity index (χ4n) is 3.77. The van der Waals surface area contributed by atoms with Crippen LogP contribution in [-0.2, 0) is 14.3 Å². The van der Waals surface area contributed by atoms with Crippen molar-refractivity contribution in [3.8, 4) is 0 Å². The summed E-state index contributed by atoms with van der Waals surface area (Å²) in [4.78, 5) is 19.1. The number of halogens is 1. The largest absolute Gasteiger partial charge is 0.478 e. The molecule has 4 rings (SSSR count). The number of rotatable bonds is 3. The van der Waals surface area contributed by atoms with Gasteiger partial charge in [-0.15, -0.1) is 11.8 Å². The molecule has 0 aromatic heterocycles. The number of benzene rings is 2. The molecular weight excluding hydrogens is 393 g/mol. The number of fused-ring (bicyclic) bond motifs is 2. The van der Waals surface area contributed by atoms with E-state index < -0.39 is 11.9 Å². The van der Waals surface area contributed by atoms with E-state index in [1.54, 1.807) is 6.07 Å². The highest BCUT2D eigenvalue weighted by Gasteiger charge is 2.45. The van der Waals surface area contributed by atoms with Gasteiger partial charge in [0.2, 0.25) is 0 Å². The zero-order valence-corrected chi connectivity index (χ0v) is 16.5. The lowest BCUT2D eigenvalue weighted by Gasteiger charge is -2.34. The van der Waals surface area contributed by atoms with E-state index in [2.05, 4.69) is 35.6 Å². The van der Waals surface area contributed by atoms with E-state index in [9.17, 15) is 14.0 Å². The molecule has 5 nitrogen and oxygen atoms in total. The molecule has 3 N–H and O–H groups in total. The summed E-state index contributed by atoms with van der Waals surface area (Å²) < 4.78 is 13.8. The second-order valence-corrected chi connectivity index (χ2v) is 8.38. The van der Waals surface area contributed by atoms with Crippen molar-refractivity contribution < 1.29 is 24.2 Å². The number of carbonyl (C=O) groups is 2. The van der Waals surface area contributed by atoms with Gasteiger partial charge in [0, 0.05) is 16.9 Å². The van der Waals surface area contributed by atoms with Crippen LogP contribution >= 0.6 is 11.8 Å². The van der Waals surface area contributed by atoms with E-state index in [-0.39, 0.29) is 15.8 Å². The van der Waals surface area contributed by atoms with Gasteiger partial charge in [-0.1, -0.05) is 36.4 Å². The number of carboxylic acids is 2. The normalized spacial score (nSPS) is 19.4. The maximum absolute atomic E-state index is 13.6. The van der Waals surface area contributed by atoms with Crippen molar-refractivity contribution in [3.63, 3.8) is 0 Å². The molecule has 2 aliphatic heterocycles. The number of hydrogen-bond acceptors (Lipinski definition) is 4. The van der Waals surface area contributed by atoms with Gasteiger partial charge in [-0.25, -0.2) is 14.0 Å². The first-order chi connectivity index (χ1) is 13.9. The van der Waals surface area contributed by atoms with Crippen LogP contribution in [0.5, 0.6) is 0 Å². The van der Waals surface area contributed by atoms with Gasteiger partial charge in [0.15, 0.2) is 0 Å². The standard InChI is InChI=1S/C18H18FNS.C4H4O4/c19-14-5-3-4-13(12-14)17-15-6-1-2-7-16(15)18(21-17)8-10-20-11-9-18;5-3(6)1-2-4(7)8/h1-7,12,17,20H,8-11H2;1-2H,(H,5,6)(H,7,8)/b;2-1-. The maximum atomic E-state index is 13.6. The van der Waals surface area contributed by atoms with Crippen molar-refractivity contribution in [1.29, 1.82) is 0 Å². The number of carboxylic acid groups (broad SMARTS) is 2. The van der Waals surface area contributed by atoms with Crippen molar-refractivity contribution >= 4 is 23.7 Å². The molecule has 0 amide bonds. The van der Waals surface area contributed by atoms with Gasteiger partial charge in [0.05, 0.1) is 5.25 Å². The molecule has 1 spiro atoms. The minimum absolute atomic E-state index is 0.142. The van der Waals surface area contributed by atoms with Gasteiger partial charge in [0.1, 0.15) is 5.82 Å². The second kappa shape index (κ2) is 9.24. The van der Waals surface area contributed by atoms with Crippen molar-refractivity contribution in [1.82, 2.24) is 5.32 Å². The van der Waals surface area contributed by atoms with Gasteiger partial charge in [-0.2, -0.15) is 0 Å². The van der Waals surface area contributed by atoms with Crippen LogP contribution in [0.3, 0.4) is 0 Å². The average molecular weight is 415 g/mol. The molecule has 0 bridgehead atoms. The molecule has 1 saturated heterocycles. The predicted molar refractivity (Wildman–Crippen MR) is 110 cm³/mol. The third kappa shape index (κ3) is 5.05. The molecule has 2 aliphatic rings. The highest BCUT2D eigenvalue weighted by atomic mass is 32.2. The lowest BCUT2D eigenvalue weighted by Crippen LogP contribution is -2.36. The summed E-state index contributed by atoms with van der Waals surface area (Å²) in [7, 11) is 0. The lowest BCUT2D eigenvalue weighted by molar-refractivity contribution is -0.134. The molecule has 2 aromatic carbocycles. The number of hydrogen-bond donors (Lipinski definition) is 3. The Morgan fingerprint density at radius 1 is 1.03 bits per heavy atom. The molecule has 1 atom stereocenters. The fourth-order valence-corrected chi connectivity index (χ4v) is 5.59. The lowest BCUT2D eigenvalue weighted by atomic mass is 9.85. The molecule has 2 aromatic rings. The maximum Gasteiger partial charge on any atom is 0.328 e. The van der Waals surface area contributed by atoms with Crippen molar-refractivity contribution in [2.75, 3.05) is 13.1 Å². The molecule has 1 unspecified atom stereocenters. The van der Waals surface area contributed by atoms with E-state index in [1.165, 1.54) is 17.2 Å². The van der Waals surface area contributed by atoms with E-state index in [0.29, 0.717) is 12.2 Å². The van der Waals surface area contributed by atoms with Gasteiger partial charge < -0.3 is 15.5 Å². The highest BCUT2D eigenvalue weighted by Crippen LogP contribution is 2.60. The summed E-state index contributed by atoms with van der Waals surface area (Å²) in [5.41, 5.74) is 3.92. The first-order valence-corrected chi connectivity index (χ1v) is 10.2. The Bertz CT molecular complexity index is 909. The van der Waals surface area contributed by atoms with Crippen LogP contribution in [-0.4, -0.2) is 35.2 Å². The summed E-state index contributed by atoms with van der Waals surface area (Å²) in [5, 5.41) is 19.3. The number of thioether (sulfide) groups is 1. The molecule has 0 radical (unpaired) electrons. The minimum Gasteiger partial charge on any atom is -0.478 e. The van der Waals surface area contributed by atoms with Crippen LogP contribution < -0.4 is 5.32 Å². The Balaban J connectivity index is 0.000000258. The first kappa shape index (κ1) is 21.1. The van der Waals surface area contributed by atoms with E-state index in [1.807, 2.05) is 17.8 Å². The summed E-state index contributed by atoms with van der Waals surface area (Å²) in [6, 6.07) is 15.8. The fraction of sp³-hybridized carbons (Fsp3) is 0.273. The number of piperidine rings is 1. The topological polar surface area (TPSA) is 86.6 Å². The molecule has 1 fully saturated rings. The van der Waals surface area contributed by atoms with E-state index >= 15 is 0 Å². The van der Waals surface area contributed by atoms with E-state index in [4.69, 9.17) is 10.2 Å². The molecule has 29 heavy (non-hydrogen) atoms. The first-order valence-electron chi connectivity index (χ1n) is 9.29. The molecule has 0 saturated carbocycles. The SMILES string of the molecule is Fc1cccc(C2SC3(CCNCC3)c3ccccc32)c1.O=C(O)/C=C\C(=O)O. The predicted octanol–water partition coefficient (Wildman–Crippen LogP) is 3.95. The van der Waals surface area contributed by atoms with Crippen LogP contribution in [0.15, 0.2) is 60.7 Å². The number of aliphatic carboxylic acids is 2. The van der Waals surface area contributed by atoms with Crippen molar-refractivity contribution in [2.45, 2.75) is 22.8 Å². The zero-order chi connectivity index (χ0) is 20.9. The summed E-state index contributed by atoms with van der Waals surface area (Å²) in [6.07, 6.45) is 3.42. The Kier molecular flexibility index (Phi) is 6.71. The van der Waals surface area contributed by atoms with Crippen LogP contribution in [0.4, 0.5) is 4.39 Å². The van der Waals surface area contributed by atoms with E-state index in [0.717, 1.165) is 31.5 Å². The van der Waals surface area contributed by atoms with Crippen LogP contribution in [0, 0.1) is 5.82 Å². The Hall–Kier alpha value is -2.64. The third-order valence-electron chi connectivity index (χ3n) is 5.01. The Morgan fingerprint density at radius 3 is 2.31 bits per heavy atom. The molecular formula is C22H22FNO4S. The smallest absolute Gasteiger partial charge is 0.328 e. The Morgan fingerprint density at radius 2 is 1.69 bits per heavy atom. The third-order valence-corrected chi connectivity index (χ3v) is 6.85. The average Bonchev–Trinajstić information content (AvgIpc) is 3.02. The summed E-state index contributed by atoms with van der Waals surface area (Å²) in [5.74, 6) is -2.66. The second-order valence-electron chi connectivity index (χ2n) is 6.89. The van der Waals surface area contributed by atoms with Gasteiger partial charge in [0.25, 0.3) is 0 Å². The summed E-state index contributed by atoms with van der Waals surface area (Å²) >= 11 is 2.02. The van der Waals surface area contributed by atoms with Gasteiger partial charge in [-0.3, -0.25) is 0 Å². The molecule has 152 valence electrons.